The fraction of sp³-hybridized carbons (Fsp3) is 1.00. The number of hydrogen-bond acceptors (Lipinski definition) is 4. The Hall–Kier alpha value is -0.160. The van der Waals surface area contributed by atoms with Gasteiger partial charge >= 0.3 is 0 Å². The van der Waals surface area contributed by atoms with Crippen molar-refractivity contribution in [2.75, 3.05) is 26.2 Å². The third-order valence-electron chi connectivity index (χ3n) is 2.32. The van der Waals surface area contributed by atoms with Crippen LogP contribution in [-0.4, -0.2) is 48.6 Å². The van der Waals surface area contributed by atoms with Crippen LogP contribution in [0.5, 0.6) is 0 Å². The van der Waals surface area contributed by atoms with Crippen molar-refractivity contribution in [2.45, 2.75) is 39.4 Å². The topological polar surface area (TPSA) is 64.5 Å². The summed E-state index contributed by atoms with van der Waals surface area (Å²) < 4.78 is 0. The summed E-state index contributed by atoms with van der Waals surface area (Å²) >= 11 is 0. The van der Waals surface area contributed by atoms with Crippen molar-refractivity contribution in [1.82, 2.24) is 10.6 Å². The molecule has 0 aromatic carbocycles. The van der Waals surface area contributed by atoms with Gasteiger partial charge in [0.15, 0.2) is 0 Å². The Bertz CT molecular complexity index is 127. The van der Waals surface area contributed by atoms with Gasteiger partial charge in [-0.15, -0.1) is 0 Å². The molecule has 92 valence electrons. The summed E-state index contributed by atoms with van der Waals surface area (Å²) in [5, 5.41) is 24.6. The standard InChI is InChI=1S/C11H26N2O2/c1-4-11(7-12-5-9(2)14)8-13-6-10(3)15/h9-15H,4-8H2,1-3H3. The van der Waals surface area contributed by atoms with Crippen molar-refractivity contribution >= 4 is 0 Å². The van der Waals surface area contributed by atoms with Crippen LogP contribution in [0.1, 0.15) is 27.2 Å². The van der Waals surface area contributed by atoms with E-state index in [-0.39, 0.29) is 12.2 Å². The van der Waals surface area contributed by atoms with E-state index in [1.807, 2.05) is 0 Å². The Morgan fingerprint density at radius 1 is 0.867 bits per heavy atom. The van der Waals surface area contributed by atoms with Crippen LogP contribution in [0.4, 0.5) is 0 Å². The van der Waals surface area contributed by atoms with Crippen LogP contribution in [-0.2, 0) is 0 Å². The Morgan fingerprint density at radius 2 is 1.27 bits per heavy atom. The average molecular weight is 218 g/mol. The molecule has 0 saturated heterocycles. The minimum atomic E-state index is -0.284. The highest BCUT2D eigenvalue weighted by Gasteiger charge is 2.06. The molecule has 0 radical (unpaired) electrons. The van der Waals surface area contributed by atoms with Gasteiger partial charge in [0.2, 0.25) is 0 Å². The number of nitrogens with one attached hydrogen (secondary N) is 2. The van der Waals surface area contributed by atoms with E-state index in [2.05, 4.69) is 17.6 Å². The fourth-order valence-corrected chi connectivity index (χ4v) is 1.35. The van der Waals surface area contributed by atoms with Gasteiger partial charge in [-0.1, -0.05) is 13.3 Å². The molecule has 0 aromatic rings. The molecule has 0 aliphatic carbocycles. The second kappa shape index (κ2) is 9.09. The minimum absolute atomic E-state index is 0.284. The van der Waals surface area contributed by atoms with Crippen LogP contribution in [0.3, 0.4) is 0 Å². The summed E-state index contributed by atoms with van der Waals surface area (Å²) in [5.74, 6) is 0.558. The maximum Gasteiger partial charge on any atom is 0.0636 e. The van der Waals surface area contributed by atoms with Crippen LogP contribution in [0.25, 0.3) is 0 Å². The lowest BCUT2D eigenvalue weighted by molar-refractivity contribution is 0.184. The van der Waals surface area contributed by atoms with Crippen molar-refractivity contribution in [3.05, 3.63) is 0 Å². The van der Waals surface area contributed by atoms with Crippen molar-refractivity contribution in [1.29, 1.82) is 0 Å². The van der Waals surface area contributed by atoms with Crippen LogP contribution in [0.2, 0.25) is 0 Å². The largest absolute Gasteiger partial charge is 0.392 e. The molecule has 4 nitrogen and oxygen atoms in total. The number of aliphatic hydroxyl groups excluding tert-OH is 2. The zero-order chi connectivity index (χ0) is 11.7. The van der Waals surface area contributed by atoms with Crippen LogP contribution in [0, 0.1) is 5.92 Å². The van der Waals surface area contributed by atoms with E-state index in [9.17, 15) is 0 Å². The monoisotopic (exact) mass is 218 g/mol. The maximum absolute atomic E-state index is 9.08. The first-order valence-corrected chi connectivity index (χ1v) is 5.83. The molecule has 0 spiro atoms. The van der Waals surface area contributed by atoms with Crippen molar-refractivity contribution in [3.63, 3.8) is 0 Å². The van der Waals surface area contributed by atoms with Gasteiger partial charge in [0.05, 0.1) is 12.2 Å². The summed E-state index contributed by atoms with van der Waals surface area (Å²) in [5.41, 5.74) is 0. The summed E-state index contributed by atoms with van der Waals surface area (Å²) in [6, 6.07) is 0. The molecule has 0 rings (SSSR count). The van der Waals surface area contributed by atoms with Crippen molar-refractivity contribution in [3.8, 4) is 0 Å². The third kappa shape index (κ3) is 10.1. The first-order chi connectivity index (χ1) is 7.06. The highest BCUT2D eigenvalue weighted by atomic mass is 16.3. The molecule has 0 amide bonds. The van der Waals surface area contributed by atoms with Gasteiger partial charge in [-0.3, -0.25) is 0 Å². The Labute approximate surface area is 93.1 Å². The van der Waals surface area contributed by atoms with E-state index in [1.165, 1.54) is 0 Å². The SMILES string of the molecule is CCC(CNCC(C)O)CNCC(C)O. The summed E-state index contributed by atoms with van der Waals surface area (Å²) in [6.07, 6.45) is 0.528. The molecule has 2 atom stereocenters. The van der Waals surface area contributed by atoms with Crippen LogP contribution < -0.4 is 10.6 Å². The van der Waals surface area contributed by atoms with Gasteiger partial charge in [-0.25, -0.2) is 0 Å². The van der Waals surface area contributed by atoms with Gasteiger partial charge in [-0.05, 0) is 32.9 Å². The average Bonchev–Trinajstić information content (AvgIpc) is 2.14. The highest BCUT2D eigenvalue weighted by Crippen LogP contribution is 1.98. The van der Waals surface area contributed by atoms with E-state index in [1.54, 1.807) is 13.8 Å². The molecule has 15 heavy (non-hydrogen) atoms. The molecular formula is C11H26N2O2. The number of aliphatic hydroxyl groups is 2. The smallest absolute Gasteiger partial charge is 0.0636 e. The molecule has 4 heteroatoms. The Kier molecular flexibility index (Phi) is 9.00. The molecular weight excluding hydrogens is 192 g/mol. The van der Waals surface area contributed by atoms with Gasteiger partial charge in [0.25, 0.3) is 0 Å². The quantitative estimate of drug-likeness (QED) is 0.438. The third-order valence-corrected chi connectivity index (χ3v) is 2.32. The molecule has 0 saturated carbocycles. The number of hydrogen-bond donors (Lipinski definition) is 4. The lowest BCUT2D eigenvalue weighted by Gasteiger charge is -2.17. The van der Waals surface area contributed by atoms with Crippen LogP contribution in [0.15, 0.2) is 0 Å². The predicted octanol–water partition coefficient (Wildman–Crippen LogP) is -0.0466. The lowest BCUT2D eigenvalue weighted by atomic mass is 10.1. The fourth-order valence-electron chi connectivity index (χ4n) is 1.35. The Morgan fingerprint density at radius 3 is 1.53 bits per heavy atom. The summed E-state index contributed by atoms with van der Waals surface area (Å²) in [6.45, 7) is 8.82. The highest BCUT2D eigenvalue weighted by molar-refractivity contribution is 4.66. The van der Waals surface area contributed by atoms with Crippen molar-refractivity contribution in [2.24, 2.45) is 5.92 Å². The van der Waals surface area contributed by atoms with Crippen molar-refractivity contribution < 1.29 is 10.2 Å². The molecule has 0 bridgehead atoms. The molecule has 0 fully saturated rings. The van der Waals surface area contributed by atoms with E-state index in [0.29, 0.717) is 19.0 Å². The lowest BCUT2D eigenvalue weighted by Crippen LogP contribution is -2.36. The van der Waals surface area contributed by atoms with Gasteiger partial charge in [0, 0.05) is 13.1 Å². The van der Waals surface area contributed by atoms with Gasteiger partial charge in [0.1, 0.15) is 0 Å². The van der Waals surface area contributed by atoms with E-state index < -0.39 is 0 Å². The second-order valence-electron chi connectivity index (χ2n) is 4.29. The molecule has 0 aromatic heterocycles. The van der Waals surface area contributed by atoms with E-state index in [4.69, 9.17) is 10.2 Å². The molecule has 0 heterocycles. The first kappa shape index (κ1) is 14.8. The second-order valence-corrected chi connectivity index (χ2v) is 4.29. The number of rotatable bonds is 9. The normalized spacial score (nSPS) is 17.4. The first-order valence-electron chi connectivity index (χ1n) is 5.83. The maximum atomic E-state index is 9.08. The summed E-state index contributed by atoms with van der Waals surface area (Å²) in [4.78, 5) is 0. The molecule has 4 N–H and O–H groups in total. The molecule has 2 unspecified atom stereocenters. The van der Waals surface area contributed by atoms with Crippen LogP contribution >= 0.6 is 0 Å². The van der Waals surface area contributed by atoms with E-state index in [0.717, 1.165) is 19.5 Å². The minimum Gasteiger partial charge on any atom is -0.392 e. The Balaban J connectivity index is 3.46. The van der Waals surface area contributed by atoms with Gasteiger partial charge in [-0.2, -0.15) is 0 Å². The molecule has 0 aliphatic rings. The predicted molar refractivity (Wildman–Crippen MR) is 62.9 cm³/mol. The molecule has 0 aliphatic heterocycles. The zero-order valence-electron chi connectivity index (χ0n) is 10.2. The zero-order valence-corrected chi connectivity index (χ0v) is 10.2. The van der Waals surface area contributed by atoms with E-state index >= 15 is 0 Å². The van der Waals surface area contributed by atoms with Gasteiger partial charge < -0.3 is 20.8 Å². The summed E-state index contributed by atoms with van der Waals surface area (Å²) in [7, 11) is 0.